The van der Waals surface area contributed by atoms with Gasteiger partial charge in [0.25, 0.3) is 0 Å². The number of nitrogens with one attached hydrogen (secondary N) is 1. The Hall–Kier alpha value is -0.720. The van der Waals surface area contributed by atoms with Gasteiger partial charge in [0.1, 0.15) is 0 Å². The van der Waals surface area contributed by atoms with Crippen LogP contribution in [-0.4, -0.2) is 41.8 Å². The Balaban J connectivity index is 2.22. The van der Waals surface area contributed by atoms with E-state index >= 15 is 0 Å². The third-order valence-corrected chi connectivity index (χ3v) is 2.64. The van der Waals surface area contributed by atoms with Crippen LogP contribution in [0.15, 0.2) is 10.7 Å². The molecule has 0 aliphatic carbocycles. The minimum Gasteiger partial charge on any atom is -0.383 e. The molecule has 0 atom stereocenters. The van der Waals surface area contributed by atoms with E-state index in [-0.39, 0.29) is 0 Å². The number of aryl methyl sites for hydroxylation is 1. The second-order valence-corrected chi connectivity index (χ2v) is 4.07. The molecule has 0 unspecified atom stereocenters. The van der Waals surface area contributed by atoms with Gasteiger partial charge in [0.15, 0.2) is 4.60 Å². The minimum absolute atomic E-state index is 0.751. The standard InChI is InChI=1S/C10H17BrN4O/c1-15-9(10(11)13-14-15)5-3-4-6-12-7-8-16-2/h3,5,12H,4,6-8H2,1-2H3/b5-3+. The lowest BCUT2D eigenvalue weighted by molar-refractivity contribution is 0.199. The molecule has 1 aromatic rings. The van der Waals surface area contributed by atoms with Gasteiger partial charge in [-0.2, -0.15) is 0 Å². The normalized spacial score (nSPS) is 11.4. The van der Waals surface area contributed by atoms with Crippen molar-refractivity contribution in [2.75, 3.05) is 26.8 Å². The molecule has 90 valence electrons. The van der Waals surface area contributed by atoms with Gasteiger partial charge in [0, 0.05) is 20.7 Å². The van der Waals surface area contributed by atoms with E-state index in [0.717, 1.165) is 36.4 Å². The summed E-state index contributed by atoms with van der Waals surface area (Å²) in [6, 6.07) is 0. The molecule has 0 aliphatic heterocycles. The maximum absolute atomic E-state index is 4.93. The molecule has 1 aromatic heterocycles. The van der Waals surface area contributed by atoms with Crippen LogP contribution in [0.5, 0.6) is 0 Å². The van der Waals surface area contributed by atoms with Crippen LogP contribution in [-0.2, 0) is 11.8 Å². The van der Waals surface area contributed by atoms with Crippen LogP contribution in [0.2, 0.25) is 0 Å². The van der Waals surface area contributed by atoms with Gasteiger partial charge in [-0.25, -0.2) is 4.68 Å². The number of methoxy groups -OCH3 is 1. The Morgan fingerprint density at radius 1 is 1.50 bits per heavy atom. The summed E-state index contributed by atoms with van der Waals surface area (Å²) < 4.78 is 7.44. The van der Waals surface area contributed by atoms with Gasteiger partial charge < -0.3 is 10.1 Å². The quantitative estimate of drug-likeness (QED) is 0.767. The molecule has 0 saturated heterocycles. The summed E-state index contributed by atoms with van der Waals surface area (Å²) in [4.78, 5) is 0. The van der Waals surface area contributed by atoms with E-state index < -0.39 is 0 Å². The smallest absolute Gasteiger partial charge is 0.155 e. The largest absolute Gasteiger partial charge is 0.383 e. The average molecular weight is 289 g/mol. The zero-order valence-corrected chi connectivity index (χ0v) is 11.2. The monoisotopic (exact) mass is 288 g/mol. The maximum atomic E-state index is 4.93. The predicted octanol–water partition coefficient (Wildman–Crippen LogP) is 1.22. The molecule has 1 N–H and O–H groups in total. The molecule has 5 nitrogen and oxygen atoms in total. The molecule has 0 radical (unpaired) electrons. The first-order valence-electron chi connectivity index (χ1n) is 5.17. The van der Waals surface area contributed by atoms with E-state index in [1.54, 1.807) is 11.8 Å². The van der Waals surface area contributed by atoms with E-state index in [4.69, 9.17) is 4.74 Å². The minimum atomic E-state index is 0.751. The number of rotatable bonds is 7. The highest BCUT2D eigenvalue weighted by Gasteiger charge is 2.02. The molecular weight excluding hydrogens is 272 g/mol. The first-order chi connectivity index (χ1) is 7.75. The summed E-state index contributed by atoms with van der Waals surface area (Å²) in [6.45, 7) is 2.59. The number of hydrogen-bond acceptors (Lipinski definition) is 4. The summed E-state index contributed by atoms with van der Waals surface area (Å²) in [6.07, 6.45) is 5.09. The van der Waals surface area contributed by atoms with Crippen molar-refractivity contribution in [2.24, 2.45) is 7.05 Å². The van der Waals surface area contributed by atoms with Crippen molar-refractivity contribution >= 4 is 22.0 Å². The van der Waals surface area contributed by atoms with Crippen molar-refractivity contribution in [1.29, 1.82) is 0 Å². The molecule has 0 fully saturated rings. The molecule has 0 saturated carbocycles. The first kappa shape index (κ1) is 13.3. The van der Waals surface area contributed by atoms with Crippen LogP contribution >= 0.6 is 15.9 Å². The van der Waals surface area contributed by atoms with Gasteiger partial charge in [-0.1, -0.05) is 11.3 Å². The Bertz CT molecular complexity index is 318. The summed E-state index contributed by atoms with van der Waals surface area (Å²) in [5.41, 5.74) is 0.983. The lowest BCUT2D eigenvalue weighted by Crippen LogP contribution is -2.19. The van der Waals surface area contributed by atoms with Crippen LogP contribution in [0.25, 0.3) is 6.08 Å². The molecule has 0 amide bonds. The number of nitrogens with zero attached hydrogens (tertiary/aromatic N) is 3. The zero-order chi connectivity index (χ0) is 11.8. The summed E-state index contributed by atoms with van der Waals surface area (Å²) in [5.74, 6) is 0. The molecule has 6 heteroatoms. The lowest BCUT2D eigenvalue weighted by atomic mass is 10.3. The highest BCUT2D eigenvalue weighted by atomic mass is 79.9. The zero-order valence-electron chi connectivity index (χ0n) is 9.61. The van der Waals surface area contributed by atoms with Crippen molar-refractivity contribution < 1.29 is 4.74 Å². The molecular formula is C10H17BrN4O. The van der Waals surface area contributed by atoms with Crippen molar-refractivity contribution in [3.63, 3.8) is 0 Å². The van der Waals surface area contributed by atoms with E-state index in [2.05, 4.69) is 37.6 Å². The van der Waals surface area contributed by atoms with E-state index in [0.29, 0.717) is 0 Å². The predicted molar refractivity (Wildman–Crippen MR) is 67.1 cm³/mol. The summed E-state index contributed by atoms with van der Waals surface area (Å²) in [5, 5.41) is 11.1. The van der Waals surface area contributed by atoms with Crippen molar-refractivity contribution in [1.82, 2.24) is 20.3 Å². The van der Waals surface area contributed by atoms with Crippen LogP contribution in [0.3, 0.4) is 0 Å². The Kier molecular flexibility index (Phi) is 6.29. The number of ether oxygens (including phenoxy) is 1. The molecule has 0 spiro atoms. The van der Waals surface area contributed by atoms with Gasteiger partial charge in [-0.3, -0.25) is 0 Å². The van der Waals surface area contributed by atoms with E-state index in [9.17, 15) is 0 Å². The number of halogens is 1. The van der Waals surface area contributed by atoms with Crippen molar-refractivity contribution in [2.45, 2.75) is 6.42 Å². The number of hydrogen-bond donors (Lipinski definition) is 1. The number of aromatic nitrogens is 3. The Morgan fingerprint density at radius 2 is 2.31 bits per heavy atom. The SMILES string of the molecule is COCCNCC/C=C/c1c(Br)nnn1C. The third kappa shape index (κ3) is 4.42. The van der Waals surface area contributed by atoms with E-state index in [1.165, 1.54) is 0 Å². The van der Waals surface area contributed by atoms with Crippen LogP contribution in [0.4, 0.5) is 0 Å². The Morgan fingerprint density at radius 3 is 2.94 bits per heavy atom. The maximum Gasteiger partial charge on any atom is 0.155 e. The van der Waals surface area contributed by atoms with Crippen molar-refractivity contribution in [3.8, 4) is 0 Å². The molecule has 16 heavy (non-hydrogen) atoms. The van der Waals surface area contributed by atoms with Crippen molar-refractivity contribution in [3.05, 3.63) is 16.4 Å². The summed E-state index contributed by atoms with van der Waals surface area (Å²) >= 11 is 3.34. The fourth-order valence-electron chi connectivity index (χ4n) is 1.20. The third-order valence-electron chi connectivity index (χ3n) is 2.07. The first-order valence-corrected chi connectivity index (χ1v) is 5.96. The lowest BCUT2D eigenvalue weighted by Gasteiger charge is -2.00. The van der Waals surface area contributed by atoms with Gasteiger partial charge in [-0.05, 0) is 35.0 Å². The fourth-order valence-corrected chi connectivity index (χ4v) is 1.66. The van der Waals surface area contributed by atoms with Gasteiger partial charge in [-0.15, -0.1) is 5.10 Å². The van der Waals surface area contributed by atoms with Crippen LogP contribution < -0.4 is 5.32 Å². The average Bonchev–Trinajstić information content (AvgIpc) is 2.59. The van der Waals surface area contributed by atoms with Gasteiger partial charge in [0.2, 0.25) is 0 Å². The molecule has 0 aliphatic rings. The fraction of sp³-hybridized carbons (Fsp3) is 0.600. The second-order valence-electron chi connectivity index (χ2n) is 3.32. The molecule has 0 aromatic carbocycles. The van der Waals surface area contributed by atoms with E-state index in [1.807, 2.05) is 13.1 Å². The van der Waals surface area contributed by atoms with Crippen LogP contribution in [0.1, 0.15) is 12.1 Å². The second kappa shape index (κ2) is 7.54. The molecule has 1 rings (SSSR count). The molecule has 0 bridgehead atoms. The highest BCUT2D eigenvalue weighted by Crippen LogP contribution is 2.13. The Labute approximate surface area is 104 Å². The molecule has 1 heterocycles. The van der Waals surface area contributed by atoms with Gasteiger partial charge >= 0.3 is 0 Å². The van der Waals surface area contributed by atoms with Crippen LogP contribution in [0, 0.1) is 0 Å². The summed E-state index contributed by atoms with van der Waals surface area (Å²) in [7, 11) is 3.57. The van der Waals surface area contributed by atoms with Gasteiger partial charge in [0.05, 0.1) is 12.3 Å². The topological polar surface area (TPSA) is 52.0 Å². The highest BCUT2D eigenvalue weighted by molar-refractivity contribution is 9.10.